The van der Waals surface area contributed by atoms with Gasteiger partial charge in [0.05, 0.1) is 16.8 Å². The van der Waals surface area contributed by atoms with Crippen LogP contribution in [0.3, 0.4) is 0 Å². The summed E-state index contributed by atoms with van der Waals surface area (Å²) in [4.78, 5) is 0.0508. The van der Waals surface area contributed by atoms with E-state index in [4.69, 9.17) is 5.14 Å². The van der Waals surface area contributed by atoms with Gasteiger partial charge >= 0.3 is 0 Å². The molecule has 1 aromatic heterocycles. The maximum absolute atomic E-state index is 11.9. The van der Waals surface area contributed by atoms with E-state index >= 15 is 0 Å². The van der Waals surface area contributed by atoms with Gasteiger partial charge in [0.2, 0.25) is 10.0 Å². The molecule has 22 heavy (non-hydrogen) atoms. The molecule has 0 fully saturated rings. The van der Waals surface area contributed by atoms with Crippen LogP contribution in [-0.4, -0.2) is 23.8 Å². The molecule has 0 aliphatic rings. The molecule has 0 radical (unpaired) electrons. The number of hydrogen-bond donors (Lipinski definition) is 1. The van der Waals surface area contributed by atoms with E-state index in [-0.39, 0.29) is 4.90 Å². The Morgan fingerprint density at radius 1 is 0.909 bits per heavy atom. The van der Waals surface area contributed by atoms with E-state index in [0.29, 0.717) is 16.8 Å². The molecule has 0 atom stereocenters. The second-order valence-electron chi connectivity index (χ2n) is 4.60. The van der Waals surface area contributed by atoms with Crippen molar-refractivity contribution in [2.24, 2.45) is 5.14 Å². The molecule has 0 saturated heterocycles. The van der Waals surface area contributed by atoms with Crippen LogP contribution in [0.15, 0.2) is 65.7 Å². The molecule has 0 bridgehead atoms. The van der Waals surface area contributed by atoms with Crippen molar-refractivity contribution < 1.29 is 8.42 Å². The predicted molar refractivity (Wildman–Crippen MR) is 82.1 cm³/mol. The number of rotatable bonds is 3. The van der Waals surface area contributed by atoms with Gasteiger partial charge in [-0.05, 0) is 22.9 Å². The van der Waals surface area contributed by atoms with Crippen LogP contribution in [0.5, 0.6) is 0 Å². The fourth-order valence-corrected chi connectivity index (χ4v) is 3.05. The number of benzene rings is 2. The van der Waals surface area contributed by atoms with Crippen molar-refractivity contribution in [2.75, 3.05) is 0 Å². The normalized spacial score (nSPS) is 11.3. The van der Waals surface area contributed by atoms with Crippen molar-refractivity contribution in [3.8, 4) is 22.4 Å². The molecular weight excluding hydrogens is 300 g/mol. The summed E-state index contributed by atoms with van der Waals surface area (Å²) in [5.74, 6) is 0. The molecule has 0 amide bonds. The van der Waals surface area contributed by atoms with Crippen LogP contribution in [0, 0.1) is 0 Å². The zero-order valence-electron chi connectivity index (χ0n) is 11.4. The van der Waals surface area contributed by atoms with Crippen LogP contribution < -0.4 is 5.14 Å². The fraction of sp³-hybridized carbons (Fsp3) is 0. The standard InChI is InChI=1S/C15H12N4O2S/c16-22(20,21)14-8-4-7-12(13-9-10-17-19-18-13)15(14)11-5-2-1-3-6-11/h1-10H,(H2,16,20,21). The maximum atomic E-state index is 11.9. The van der Waals surface area contributed by atoms with E-state index in [1.54, 1.807) is 18.2 Å². The molecule has 2 N–H and O–H groups in total. The molecule has 1 heterocycles. The monoisotopic (exact) mass is 312 g/mol. The largest absolute Gasteiger partial charge is 0.238 e. The summed E-state index contributed by atoms with van der Waals surface area (Å²) >= 11 is 0. The Bertz CT molecular complexity index is 897. The molecule has 0 saturated carbocycles. The van der Waals surface area contributed by atoms with Crippen molar-refractivity contribution in [3.05, 3.63) is 60.8 Å². The second-order valence-corrected chi connectivity index (χ2v) is 6.13. The first-order valence-electron chi connectivity index (χ1n) is 6.43. The molecule has 3 rings (SSSR count). The van der Waals surface area contributed by atoms with Gasteiger partial charge in [-0.25, -0.2) is 13.6 Å². The number of primary sulfonamides is 1. The van der Waals surface area contributed by atoms with E-state index in [2.05, 4.69) is 15.4 Å². The van der Waals surface area contributed by atoms with Crippen LogP contribution in [0.4, 0.5) is 0 Å². The first kappa shape index (κ1) is 14.3. The zero-order chi connectivity index (χ0) is 15.6. The summed E-state index contributed by atoms with van der Waals surface area (Å²) < 4.78 is 23.9. The van der Waals surface area contributed by atoms with Crippen LogP contribution in [0.1, 0.15) is 0 Å². The average molecular weight is 312 g/mol. The molecule has 0 unspecified atom stereocenters. The Morgan fingerprint density at radius 3 is 2.32 bits per heavy atom. The van der Waals surface area contributed by atoms with E-state index in [0.717, 1.165) is 5.56 Å². The highest BCUT2D eigenvalue weighted by atomic mass is 32.2. The smallest absolute Gasteiger partial charge is 0.225 e. The van der Waals surface area contributed by atoms with E-state index < -0.39 is 10.0 Å². The predicted octanol–water partition coefficient (Wildman–Crippen LogP) is 1.85. The number of nitrogens with zero attached hydrogens (tertiary/aromatic N) is 3. The molecular formula is C15H12N4O2S. The highest BCUT2D eigenvalue weighted by molar-refractivity contribution is 7.89. The number of hydrogen-bond acceptors (Lipinski definition) is 5. The summed E-state index contributed by atoms with van der Waals surface area (Å²) in [5.41, 5.74) is 2.40. The van der Waals surface area contributed by atoms with Crippen molar-refractivity contribution in [1.82, 2.24) is 15.4 Å². The highest BCUT2D eigenvalue weighted by Crippen LogP contribution is 2.35. The summed E-state index contributed by atoms with van der Waals surface area (Å²) in [5, 5.41) is 16.6. The third kappa shape index (κ3) is 2.72. The van der Waals surface area contributed by atoms with E-state index in [1.807, 2.05) is 30.3 Å². The highest BCUT2D eigenvalue weighted by Gasteiger charge is 2.19. The van der Waals surface area contributed by atoms with Crippen molar-refractivity contribution in [2.45, 2.75) is 4.90 Å². The van der Waals surface area contributed by atoms with Gasteiger partial charge in [-0.15, -0.1) is 10.2 Å². The molecule has 0 aliphatic heterocycles. The van der Waals surface area contributed by atoms with Crippen molar-refractivity contribution >= 4 is 10.0 Å². The van der Waals surface area contributed by atoms with Gasteiger partial charge in [0.15, 0.2) is 0 Å². The molecule has 0 spiro atoms. The Morgan fingerprint density at radius 2 is 1.68 bits per heavy atom. The number of aromatic nitrogens is 3. The Hall–Kier alpha value is -2.64. The van der Waals surface area contributed by atoms with Gasteiger partial charge in [-0.2, -0.15) is 0 Å². The topological polar surface area (TPSA) is 98.8 Å². The third-order valence-electron chi connectivity index (χ3n) is 3.17. The van der Waals surface area contributed by atoms with Crippen LogP contribution in [0.2, 0.25) is 0 Å². The first-order valence-corrected chi connectivity index (χ1v) is 7.98. The van der Waals surface area contributed by atoms with Gasteiger partial charge in [-0.3, -0.25) is 0 Å². The lowest BCUT2D eigenvalue weighted by Crippen LogP contribution is -2.14. The van der Waals surface area contributed by atoms with E-state index in [9.17, 15) is 8.42 Å². The second kappa shape index (κ2) is 5.63. The molecule has 0 aliphatic carbocycles. The lowest BCUT2D eigenvalue weighted by Gasteiger charge is -2.13. The van der Waals surface area contributed by atoms with Gasteiger partial charge in [0.25, 0.3) is 0 Å². The average Bonchev–Trinajstić information content (AvgIpc) is 2.55. The molecule has 6 nitrogen and oxygen atoms in total. The minimum atomic E-state index is -3.88. The Kier molecular flexibility index (Phi) is 3.66. The Labute approximate surface area is 127 Å². The van der Waals surface area contributed by atoms with Gasteiger partial charge < -0.3 is 0 Å². The summed E-state index contributed by atoms with van der Waals surface area (Å²) in [6, 6.07) is 15.7. The van der Waals surface area contributed by atoms with Crippen LogP contribution >= 0.6 is 0 Å². The van der Waals surface area contributed by atoms with Gasteiger partial charge in [-0.1, -0.05) is 42.5 Å². The molecule has 3 aromatic rings. The quantitative estimate of drug-likeness (QED) is 0.795. The number of sulfonamides is 1. The lowest BCUT2D eigenvalue weighted by atomic mass is 9.97. The van der Waals surface area contributed by atoms with Crippen molar-refractivity contribution in [1.29, 1.82) is 0 Å². The Balaban J connectivity index is 2.37. The minimum absolute atomic E-state index is 0.0508. The molecule has 2 aromatic carbocycles. The van der Waals surface area contributed by atoms with Gasteiger partial charge in [0.1, 0.15) is 0 Å². The molecule has 110 valence electrons. The zero-order valence-corrected chi connectivity index (χ0v) is 12.2. The first-order chi connectivity index (χ1) is 10.6. The van der Waals surface area contributed by atoms with Gasteiger partial charge in [0, 0.05) is 11.1 Å². The van der Waals surface area contributed by atoms with Crippen LogP contribution in [0.25, 0.3) is 22.4 Å². The van der Waals surface area contributed by atoms with E-state index in [1.165, 1.54) is 12.3 Å². The summed E-state index contributed by atoms with van der Waals surface area (Å²) in [6.45, 7) is 0. The SMILES string of the molecule is NS(=O)(=O)c1cccc(-c2ccnnn2)c1-c1ccccc1. The van der Waals surface area contributed by atoms with Crippen molar-refractivity contribution in [3.63, 3.8) is 0 Å². The fourth-order valence-electron chi connectivity index (χ4n) is 2.27. The molecule has 7 heteroatoms. The summed E-state index contributed by atoms with van der Waals surface area (Å²) in [6.07, 6.45) is 1.50. The minimum Gasteiger partial charge on any atom is -0.225 e. The third-order valence-corrected chi connectivity index (χ3v) is 4.13. The van der Waals surface area contributed by atoms with Crippen LogP contribution in [-0.2, 0) is 10.0 Å². The summed E-state index contributed by atoms with van der Waals surface area (Å²) in [7, 11) is -3.88. The number of nitrogens with two attached hydrogens (primary N) is 1. The maximum Gasteiger partial charge on any atom is 0.238 e. The lowest BCUT2D eigenvalue weighted by molar-refractivity contribution is 0.598.